The number of para-hydroxylation sites is 1. The molecule has 164 valence electrons. The fraction of sp³-hybridized carbons (Fsp3) is 0.154. The van der Waals surface area contributed by atoms with Crippen molar-refractivity contribution in [2.75, 3.05) is 0 Å². The zero-order valence-electron chi connectivity index (χ0n) is 17.7. The minimum absolute atomic E-state index is 0.0649. The SMILES string of the molecule is CC(=O)n1cc([C@H]2Oc3c(Cl)cc(Cl)cc3[C@H]3CC(c4ccccc4)=NN32)c2ccccc21. The van der Waals surface area contributed by atoms with E-state index in [-0.39, 0.29) is 11.9 Å². The van der Waals surface area contributed by atoms with E-state index in [1.165, 1.54) is 0 Å². The van der Waals surface area contributed by atoms with Gasteiger partial charge in [-0.15, -0.1) is 0 Å². The highest BCUT2D eigenvalue weighted by Crippen LogP contribution is 2.51. The molecule has 0 radical (unpaired) electrons. The summed E-state index contributed by atoms with van der Waals surface area (Å²) in [7, 11) is 0. The van der Waals surface area contributed by atoms with Crippen molar-refractivity contribution in [1.29, 1.82) is 0 Å². The van der Waals surface area contributed by atoms with Crippen LogP contribution in [0.25, 0.3) is 10.9 Å². The fourth-order valence-corrected chi connectivity index (χ4v) is 5.34. The second-order valence-corrected chi connectivity index (χ2v) is 9.12. The Hall–Kier alpha value is -3.28. The van der Waals surface area contributed by atoms with Gasteiger partial charge in [0, 0.05) is 41.1 Å². The Kier molecular flexibility index (Phi) is 4.71. The quantitative estimate of drug-likeness (QED) is 0.318. The molecule has 2 atom stereocenters. The standard InChI is InChI=1S/C26H19Cl2N3O2/c1-15(32)30-14-20(18-9-5-6-10-23(18)30)26-31-24(13-22(29-31)16-7-3-2-4-8-16)19-11-17(27)12-21(28)25(19)33-26/h2-12,14,24,26H,13H2,1H3/t24-,26-/m1/s1. The number of carbonyl (C=O) groups is 1. The topological polar surface area (TPSA) is 46.8 Å². The number of hydrazone groups is 1. The third-order valence-corrected chi connectivity index (χ3v) is 6.76. The van der Waals surface area contributed by atoms with Crippen LogP contribution in [0.2, 0.25) is 10.0 Å². The molecular weight excluding hydrogens is 457 g/mol. The maximum atomic E-state index is 12.4. The minimum Gasteiger partial charge on any atom is -0.463 e. The summed E-state index contributed by atoms with van der Waals surface area (Å²) in [5.74, 6) is 0.543. The molecule has 0 saturated heterocycles. The summed E-state index contributed by atoms with van der Waals surface area (Å²) in [5.41, 5.74) is 4.63. The Morgan fingerprint density at radius 3 is 2.58 bits per heavy atom. The Labute approximate surface area is 200 Å². The van der Waals surface area contributed by atoms with Crippen molar-refractivity contribution in [3.05, 3.63) is 99.7 Å². The van der Waals surface area contributed by atoms with Gasteiger partial charge in [0.2, 0.25) is 12.1 Å². The summed E-state index contributed by atoms with van der Waals surface area (Å²) in [6, 6.07) is 21.4. The number of hydrogen-bond acceptors (Lipinski definition) is 4. The van der Waals surface area contributed by atoms with Crippen LogP contribution in [0.1, 0.15) is 47.1 Å². The van der Waals surface area contributed by atoms with Crippen molar-refractivity contribution in [3.63, 3.8) is 0 Å². The lowest BCUT2D eigenvalue weighted by atomic mass is 9.96. The summed E-state index contributed by atoms with van der Waals surface area (Å²) >= 11 is 13.0. The first-order valence-electron chi connectivity index (χ1n) is 10.7. The molecule has 0 aliphatic carbocycles. The van der Waals surface area contributed by atoms with Gasteiger partial charge >= 0.3 is 0 Å². The number of fused-ring (bicyclic) bond motifs is 4. The van der Waals surface area contributed by atoms with Crippen LogP contribution in [-0.4, -0.2) is 21.2 Å². The van der Waals surface area contributed by atoms with Crippen LogP contribution in [0.15, 0.2) is 78.0 Å². The predicted molar refractivity (Wildman–Crippen MR) is 130 cm³/mol. The first-order valence-corrected chi connectivity index (χ1v) is 11.4. The van der Waals surface area contributed by atoms with Crippen LogP contribution < -0.4 is 4.74 Å². The van der Waals surface area contributed by atoms with Gasteiger partial charge < -0.3 is 4.74 Å². The number of benzene rings is 3. The zero-order chi connectivity index (χ0) is 22.7. The lowest BCUT2D eigenvalue weighted by molar-refractivity contribution is -0.0180. The molecule has 0 saturated carbocycles. The van der Waals surface area contributed by atoms with Crippen molar-refractivity contribution in [2.45, 2.75) is 25.6 Å². The summed E-state index contributed by atoms with van der Waals surface area (Å²) in [6.45, 7) is 1.55. The monoisotopic (exact) mass is 475 g/mol. The van der Waals surface area contributed by atoms with Gasteiger partial charge in [-0.1, -0.05) is 71.7 Å². The molecule has 0 N–H and O–H groups in total. The van der Waals surface area contributed by atoms with E-state index in [0.717, 1.165) is 33.3 Å². The van der Waals surface area contributed by atoms with Gasteiger partial charge in [-0.05, 0) is 23.8 Å². The lowest BCUT2D eigenvalue weighted by Crippen LogP contribution is -2.33. The molecule has 5 nitrogen and oxygen atoms in total. The van der Waals surface area contributed by atoms with Gasteiger partial charge in [-0.25, -0.2) is 5.01 Å². The molecule has 2 aliphatic heterocycles. The summed E-state index contributed by atoms with van der Waals surface area (Å²) in [6.07, 6.45) is 1.99. The number of ether oxygens (including phenoxy) is 1. The number of rotatable bonds is 2. The second kappa shape index (κ2) is 7.65. The third-order valence-electron chi connectivity index (χ3n) is 6.26. The summed E-state index contributed by atoms with van der Waals surface area (Å²) in [5, 5.41) is 8.94. The van der Waals surface area contributed by atoms with Crippen LogP contribution in [0.5, 0.6) is 5.75 Å². The molecule has 0 unspecified atom stereocenters. The van der Waals surface area contributed by atoms with Gasteiger partial charge in [0.25, 0.3) is 0 Å². The van der Waals surface area contributed by atoms with E-state index >= 15 is 0 Å². The largest absolute Gasteiger partial charge is 0.463 e. The number of carbonyl (C=O) groups excluding carboxylic acids is 1. The van der Waals surface area contributed by atoms with Gasteiger partial charge in [-0.2, -0.15) is 5.10 Å². The minimum atomic E-state index is -0.548. The molecule has 0 bridgehead atoms. The van der Waals surface area contributed by atoms with Gasteiger partial charge in [-0.3, -0.25) is 9.36 Å². The molecule has 0 amide bonds. The molecule has 0 fully saturated rings. The molecule has 4 aromatic rings. The smallest absolute Gasteiger partial charge is 0.227 e. The number of nitrogens with zero attached hydrogens (tertiary/aromatic N) is 3. The number of aromatic nitrogens is 1. The molecule has 33 heavy (non-hydrogen) atoms. The van der Waals surface area contributed by atoms with E-state index in [2.05, 4.69) is 12.1 Å². The summed E-state index contributed by atoms with van der Waals surface area (Å²) in [4.78, 5) is 12.4. The van der Waals surface area contributed by atoms with E-state index in [0.29, 0.717) is 22.2 Å². The first-order chi connectivity index (χ1) is 16.0. The molecule has 7 heteroatoms. The molecule has 0 spiro atoms. The zero-order valence-corrected chi connectivity index (χ0v) is 19.2. The van der Waals surface area contributed by atoms with Gasteiger partial charge in [0.1, 0.15) is 5.75 Å². The summed E-state index contributed by atoms with van der Waals surface area (Å²) < 4.78 is 8.16. The Bertz CT molecular complexity index is 1440. The Balaban J connectivity index is 1.56. The van der Waals surface area contributed by atoms with E-state index in [1.807, 2.05) is 59.7 Å². The maximum Gasteiger partial charge on any atom is 0.227 e. The van der Waals surface area contributed by atoms with Gasteiger partial charge in [0.05, 0.1) is 22.3 Å². The third kappa shape index (κ3) is 3.23. The van der Waals surface area contributed by atoms with Crippen molar-refractivity contribution in [2.24, 2.45) is 5.10 Å². The predicted octanol–water partition coefficient (Wildman–Crippen LogP) is 6.85. The average molecular weight is 476 g/mol. The molecule has 1 aromatic heterocycles. The number of hydrogen-bond donors (Lipinski definition) is 0. The van der Waals surface area contributed by atoms with E-state index in [1.54, 1.807) is 17.6 Å². The van der Waals surface area contributed by atoms with Crippen LogP contribution in [0.3, 0.4) is 0 Å². The van der Waals surface area contributed by atoms with Crippen LogP contribution >= 0.6 is 23.2 Å². The maximum absolute atomic E-state index is 12.4. The molecular formula is C26H19Cl2N3O2. The highest BCUT2D eigenvalue weighted by molar-refractivity contribution is 6.35. The molecule has 3 aromatic carbocycles. The van der Waals surface area contributed by atoms with Crippen LogP contribution in [-0.2, 0) is 0 Å². The highest BCUT2D eigenvalue weighted by atomic mass is 35.5. The van der Waals surface area contributed by atoms with E-state index in [9.17, 15) is 4.79 Å². The second-order valence-electron chi connectivity index (χ2n) is 8.28. The van der Waals surface area contributed by atoms with Crippen molar-refractivity contribution in [3.8, 4) is 5.75 Å². The first kappa shape index (κ1) is 20.3. The van der Waals surface area contributed by atoms with Crippen molar-refractivity contribution < 1.29 is 9.53 Å². The van der Waals surface area contributed by atoms with Crippen molar-refractivity contribution in [1.82, 2.24) is 9.58 Å². The molecule has 3 heterocycles. The van der Waals surface area contributed by atoms with Crippen LogP contribution in [0.4, 0.5) is 0 Å². The molecule has 2 aliphatic rings. The number of halogens is 2. The van der Waals surface area contributed by atoms with Gasteiger partial charge in [0.15, 0.2) is 0 Å². The van der Waals surface area contributed by atoms with Crippen molar-refractivity contribution >= 4 is 45.7 Å². The van der Waals surface area contributed by atoms with Crippen LogP contribution in [0, 0.1) is 0 Å². The lowest BCUT2D eigenvalue weighted by Gasteiger charge is -2.38. The van der Waals surface area contributed by atoms with E-state index in [4.69, 9.17) is 33.0 Å². The molecule has 6 rings (SSSR count). The van der Waals surface area contributed by atoms with E-state index < -0.39 is 6.23 Å². The Morgan fingerprint density at radius 1 is 1.03 bits per heavy atom. The Morgan fingerprint density at radius 2 is 1.79 bits per heavy atom. The average Bonchev–Trinajstić information content (AvgIpc) is 3.42. The fourth-order valence-electron chi connectivity index (χ4n) is 4.79. The normalized spacial score (nSPS) is 19.1. The highest BCUT2D eigenvalue weighted by Gasteiger charge is 2.43.